The van der Waals surface area contributed by atoms with E-state index in [1.165, 1.54) is 12.1 Å². The zero-order valence-electron chi connectivity index (χ0n) is 14.0. The topological polar surface area (TPSA) is 56.9 Å². The van der Waals surface area contributed by atoms with E-state index in [0.29, 0.717) is 13.2 Å². The Labute approximate surface area is 145 Å². The highest BCUT2D eigenvalue weighted by Crippen LogP contribution is 2.25. The van der Waals surface area contributed by atoms with Crippen LogP contribution >= 0.6 is 0 Å². The number of fused-ring (bicyclic) bond motifs is 1. The molecule has 0 aliphatic carbocycles. The summed E-state index contributed by atoms with van der Waals surface area (Å²) in [6, 6.07) is 6.51. The van der Waals surface area contributed by atoms with E-state index in [4.69, 9.17) is 4.74 Å². The van der Waals surface area contributed by atoms with E-state index in [-0.39, 0.29) is 11.9 Å². The highest BCUT2D eigenvalue weighted by atomic mass is 19.1. The summed E-state index contributed by atoms with van der Waals surface area (Å²) in [6.45, 7) is 2.63. The molecule has 0 radical (unpaired) electrons. The molecule has 1 aliphatic heterocycles. The van der Waals surface area contributed by atoms with E-state index in [1.54, 1.807) is 18.3 Å². The highest BCUT2D eigenvalue weighted by Gasteiger charge is 2.22. The summed E-state index contributed by atoms with van der Waals surface area (Å²) in [5, 5.41) is 3.40. The van der Waals surface area contributed by atoms with Gasteiger partial charge in [-0.05, 0) is 29.8 Å². The number of hydrogen-bond acceptors (Lipinski definition) is 4. The molecule has 1 N–H and O–H groups in total. The lowest BCUT2D eigenvalue weighted by atomic mass is 10.1. The smallest absolute Gasteiger partial charge is 0.135 e. The molecule has 1 aromatic carbocycles. The van der Waals surface area contributed by atoms with Gasteiger partial charge in [0.15, 0.2) is 0 Å². The molecule has 1 aliphatic rings. The second-order valence-electron chi connectivity index (χ2n) is 6.20. The molecule has 0 amide bonds. The molecule has 0 unspecified atom stereocenters. The van der Waals surface area contributed by atoms with Crippen LogP contribution in [0.15, 0.2) is 42.9 Å². The number of rotatable bonds is 5. The Kier molecular flexibility index (Phi) is 4.33. The first kappa shape index (κ1) is 16.0. The van der Waals surface area contributed by atoms with Crippen LogP contribution in [0.25, 0.3) is 11.3 Å². The third-order valence-electron chi connectivity index (χ3n) is 4.49. The van der Waals surface area contributed by atoms with Gasteiger partial charge in [-0.25, -0.2) is 14.4 Å². The van der Waals surface area contributed by atoms with Crippen LogP contribution < -0.4 is 5.32 Å². The molecular weight excluding hydrogens is 321 g/mol. The molecule has 7 heteroatoms. The molecule has 0 fully saturated rings. The van der Waals surface area contributed by atoms with Crippen LogP contribution in [0.3, 0.4) is 0 Å². The molecule has 130 valence electrons. The summed E-state index contributed by atoms with van der Waals surface area (Å²) in [7, 11) is 1.98. The van der Waals surface area contributed by atoms with Crippen molar-refractivity contribution in [1.82, 2.24) is 24.4 Å². The first-order chi connectivity index (χ1) is 12.2. The second kappa shape index (κ2) is 6.78. The predicted molar refractivity (Wildman–Crippen MR) is 91.1 cm³/mol. The lowest BCUT2D eigenvalue weighted by molar-refractivity contribution is 0.00315. The van der Waals surface area contributed by atoms with Gasteiger partial charge in [-0.15, -0.1) is 0 Å². The van der Waals surface area contributed by atoms with Crippen molar-refractivity contribution in [3.05, 3.63) is 60.3 Å². The van der Waals surface area contributed by atoms with Crippen LogP contribution in [0.1, 0.15) is 11.6 Å². The highest BCUT2D eigenvalue weighted by molar-refractivity contribution is 5.59. The van der Waals surface area contributed by atoms with Gasteiger partial charge >= 0.3 is 0 Å². The minimum Gasteiger partial charge on any atom is -0.367 e. The zero-order valence-corrected chi connectivity index (χ0v) is 14.0. The Morgan fingerprint density at radius 1 is 1.28 bits per heavy atom. The predicted octanol–water partition coefficient (Wildman–Crippen LogP) is 2.11. The Morgan fingerprint density at radius 3 is 2.88 bits per heavy atom. The number of halogens is 1. The van der Waals surface area contributed by atoms with E-state index in [0.717, 1.165) is 36.0 Å². The molecule has 0 bridgehead atoms. The molecular formula is C18H20FN5O. The van der Waals surface area contributed by atoms with Crippen molar-refractivity contribution < 1.29 is 9.13 Å². The molecule has 1 atom stereocenters. The maximum absolute atomic E-state index is 13.2. The minimum absolute atomic E-state index is 0.0566. The summed E-state index contributed by atoms with van der Waals surface area (Å²) in [6.07, 6.45) is 5.61. The molecule has 6 nitrogen and oxygen atoms in total. The zero-order chi connectivity index (χ0) is 17.2. The molecule has 2 aromatic heterocycles. The summed E-state index contributed by atoms with van der Waals surface area (Å²) < 4.78 is 23.2. The van der Waals surface area contributed by atoms with Crippen LogP contribution in [0, 0.1) is 5.82 Å². The SMILES string of the molecule is Cn1ccnc1CNC[C@H]1Cn2c(-c3ccc(F)cc3)cnc2CO1. The normalized spacial score (nSPS) is 16.8. The fourth-order valence-corrected chi connectivity index (χ4v) is 3.07. The Balaban J connectivity index is 1.43. The first-order valence-corrected chi connectivity index (χ1v) is 8.29. The maximum atomic E-state index is 13.2. The molecule has 4 rings (SSSR count). The van der Waals surface area contributed by atoms with Crippen LogP contribution in [0.2, 0.25) is 0 Å². The van der Waals surface area contributed by atoms with Gasteiger partial charge in [0.1, 0.15) is 24.1 Å². The van der Waals surface area contributed by atoms with Crippen LogP contribution in [-0.2, 0) is 31.5 Å². The quantitative estimate of drug-likeness (QED) is 0.772. The van der Waals surface area contributed by atoms with Gasteiger partial charge in [-0.3, -0.25) is 0 Å². The monoisotopic (exact) mass is 341 g/mol. The van der Waals surface area contributed by atoms with Crippen LogP contribution in [-0.4, -0.2) is 31.8 Å². The Morgan fingerprint density at radius 2 is 2.12 bits per heavy atom. The molecule has 0 spiro atoms. The van der Waals surface area contributed by atoms with Crippen molar-refractivity contribution >= 4 is 0 Å². The largest absolute Gasteiger partial charge is 0.367 e. The number of nitrogens with one attached hydrogen (secondary N) is 1. The molecule has 25 heavy (non-hydrogen) atoms. The molecule has 3 aromatic rings. The van der Waals surface area contributed by atoms with Gasteiger partial charge in [0.25, 0.3) is 0 Å². The van der Waals surface area contributed by atoms with E-state index >= 15 is 0 Å². The van der Waals surface area contributed by atoms with Gasteiger partial charge in [0.2, 0.25) is 0 Å². The first-order valence-electron chi connectivity index (χ1n) is 8.29. The average molecular weight is 341 g/mol. The van der Waals surface area contributed by atoms with Crippen molar-refractivity contribution in [2.75, 3.05) is 6.54 Å². The third kappa shape index (κ3) is 3.33. The Hall–Kier alpha value is -2.51. The van der Waals surface area contributed by atoms with Crippen molar-refractivity contribution in [3.8, 4) is 11.3 Å². The molecule has 3 heterocycles. The van der Waals surface area contributed by atoms with Gasteiger partial charge < -0.3 is 19.2 Å². The number of aryl methyl sites for hydroxylation is 1. The van der Waals surface area contributed by atoms with Crippen molar-refractivity contribution in [2.45, 2.75) is 25.8 Å². The number of hydrogen-bond donors (Lipinski definition) is 1. The van der Waals surface area contributed by atoms with E-state index in [1.807, 2.05) is 24.0 Å². The second-order valence-corrected chi connectivity index (χ2v) is 6.20. The fraction of sp³-hybridized carbons (Fsp3) is 0.333. The van der Waals surface area contributed by atoms with E-state index < -0.39 is 0 Å². The summed E-state index contributed by atoms with van der Waals surface area (Å²) >= 11 is 0. The molecule has 0 saturated heterocycles. The van der Waals surface area contributed by atoms with Crippen molar-refractivity contribution in [3.63, 3.8) is 0 Å². The minimum atomic E-state index is -0.234. The Bertz CT molecular complexity index is 855. The van der Waals surface area contributed by atoms with Crippen molar-refractivity contribution in [1.29, 1.82) is 0 Å². The summed E-state index contributed by atoms with van der Waals surface area (Å²) in [5.74, 6) is 1.66. The lowest BCUT2D eigenvalue weighted by Gasteiger charge is -2.26. The van der Waals surface area contributed by atoms with Crippen LogP contribution in [0.5, 0.6) is 0 Å². The lowest BCUT2D eigenvalue weighted by Crippen LogP contribution is -2.36. The number of imidazole rings is 2. The third-order valence-corrected chi connectivity index (χ3v) is 4.49. The number of benzene rings is 1. The van der Waals surface area contributed by atoms with Crippen molar-refractivity contribution in [2.24, 2.45) is 7.05 Å². The number of ether oxygens (including phenoxy) is 1. The van der Waals surface area contributed by atoms with Gasteiger partial charge in [-0.1, -0.05) is 0 Å². The fourth-order valence-electron chi connectivity index (χ4n) is 3.07. The van der Waals surface area contributed by atoms with Gasteiger partial charge in [-0.2, -0.15) is 0 Å². The van der Waals surface area contributed by atoms with E-state index in [9.17, 15) is 4.39 Å². The number of aromatic nitrogens is 4. The average Bonchev–Trinajstić information content (AvgIpc) is 3.22. The summed E-state index contributed by atoms with van der Waals surface area (Å²) in [4.78, 5) is 8.73. The van der Waals surface area contributed by atoms with Crippen LogP contribution in [0.4, 0.5) is 4.39 Å². The number of nitrogens with zero attached hydrogens (tertiary/aromatic N) is 4. The molecule has 0 saturated carbocycles. The van der Waals surface area contributed by atoms with E-state index in [2.05, 4.69) is 19.9 Å². The van der Waals surface area contributed by atoms with Gasteiger partial charge in [0.05, 0.1) is 31.1 Å². The standard InChI is InChI=1S/C18H20FN5O/c1-23-7-6-21-17(23)10-20-8-15-11-24-16(9-22-18(24)12-25-15)13-2-4-14(19)5-3-13/h2-7,9,15,20H,8,10-12H2,1H3/t15-/m0/s1. The van der Waals surface area contributed by atoms with Gasteiger partial charge in [0, 0.05) is 26.0 Å². The summed E-state index contributed by atoms with van der Waals surface area (Å²) in [5.41, 5.74) is 1.95. The maximum Gasteiger partial charge on any atom is 0.135 e.